The zero-order valence-corrected chi connectivity index (χ0v) is 8.56. The van der Waals surface area contributed by atoms with Gasteiger partial charge in [0.25, 0.3) is 0 Å². The molecule has 3 heteroatoms. The summed E-state index contributed by atoms with van der Waals surface area (Å²) in [6, 6.07) is 0. The zero-order chi connectivity index (χ0) is 9.36. The van der Waals surface area contributed by atoms with Crippen molar-refractivity contribution in [3.8, 4) is 0 Å². The van der Waals surface area contributed by atoms with E-state index < -0.39 is 0 Å². The van der Waals surface area contributed by atoms with Crippen LogP contribution in [0.5, 0.6) is 0 Å². The topological polar surface area (TPSA) is 30.5 Å². The Kier molecular flexibility index (Phi) is 2.34. The summed E-state index contributed by atoms with van der Waals surface area (Å²) in [5.74, 6) is 0. The first kappa shape index (κ1) is 9.44. The second-order valence-electron chi connectivity index (χ2n) is 4.74. The van der Waals surface area contributed by atoms with E-state index in [1.807, 2.05) is 0 Å². The minimum Gasteiger partial charge on any atom is -0.375 e. The zero-order valence-electron chi connectivity index (χ0n) is 8.56. The third kappa shape index (κ3) is 2.03. The normalized spacial score (nSPS) is 39.2. The van der Waals surface area contributed by atoms with Crippen molar-refractivity contribution < 1.29 is 9.47 Å². The summed E-state index contributed by atoms with van der Waals surface area (Å²) >= 11 is 0. The molecule has 1 unspecified atom stereocenters. The maximum atomic E-state index is 5.90. The molecule has 76 valence electrons. The lowest BCUT2D eigenvalue weighted by molar-refractivity contribution is -0.177. The minimum atomic E-state index is -0.0166. The van der Waals surface area contributed by atoms with Crippen LogP contribution in [0.2, 0.25) is 0 Å². The molecule has 13 heavy (non-hydrogen) atoms. The SMILES string of the molecule is CC1(C)CC2(CCO1)CNCCO2. The predicted octanol–water partition coefficient (Wildman–Crippen LogP) is 0.934. The van der Waals surface area contributed by atoms with E-state index >= 15 is 0 Å². The van der Waals surface area contributed by atoms with Crippen molar-refractivity contribution in [3.05, 3.63) is 0 Å². The van der Waals surface area contributed by atoms with Gasteiger partial charge < -0.3 is 14.8 Å². The average molecular weight is 185 g/mol. The molecule has 2 saturated heterocycles. The molecular weight excluding hydrogens is 166 g/mol. The largest absolute Gasteiger partial charge is 0.375 e. The van der Waals surface area contributed by atoms with Crippen molar-refractivity contribution in [3.63, 3.8) is 0 Å². The lowest BCUT2D eigenvalue weighted by atomic mass is 9.83. The molecule has 3 nitrogen and oxygen atoms in total. The van der Waals surface area contributed by atoms with E-state index in [0.29, 0.717) is 0 Å². The quantitative estimate of drug-likeness (QED) is 0.609. The van der Waals surface area contributed by atoms with E-state index in [4.69, 9.17) is 9.47 Å². The molecule has 2 aliphatic heterocycles. The van der Waals surface area contributed by atoms with Crippen LogP contribution in [0.25, 0.3) is 0 Å². The van der Waals surface area contributed by atoms with Gasteiger partial charge in [0, 0.05) is 25.9 Å². The van der Waals surface area contributed by atoms with Gasteiger partial charge in [0.1, 0.15) is 0 Å². The molecule has 2 rings (SSSR count). The molecule has 1 N–H and O–H groups in total. The Morgan fingerprint density at radius 2 is 2.00 bits per heavy atom. The fourth-order valence-corrected chi connectivity index (χ4v) is 2.41. The van der Waals surface area contributed by atoms with Crippen molar-refractivity contribution in [1.82, 2.24) is 5.32 Å². The van der Waals surface area contributed by atoms with Gasteiger partial charge in [-0.1, -0.05) is 0 Å². The molecule has 0 aromatic carbocycles. The lowest BCUT2D eigenvalue weighted by Crippen LogP contribution is -2.56. The molecule has 0 aliphatic carbocycles. The first-order chi connectivity index (χ1) is 6.12. The van der Waals surface area contributed by atoms with Crippen LogP contribution in [0.1, 0.15) is 26.7 Å². The highest BCUT2D eigenvalue weighted by atomic mass is 16.5. The van der Waals surface area contributed by atoms with Crippen molar-refractivity contribution in [1.29, 1.82) is 0 Å². The Labute approximate surface area is 79.8 Å². The highest BCUT2D eigenvalue weighted by molar-refractivity contribution is 4.95. The molecule has 0 bridgehead atoms. The van der Waals surface area contributed by atoms with Crippen LogP contribution in [-0.2, 0) is 9.47 Å². The molecule has 0 aromatic heterocycles. The van der Waals surface area contributed by atoms with E-state index in [0.717, 1.165) is 39.1 Å². The molecule has 2 heterocycles. The van der Waals surface area contributed by atoms with Crippen LogP contribution >= 0.6 is 0 Å². The summed E-state index contributed by atoms with van der Waals surface area (Å²) in [7, 11) is 0. The van der Waals surface area contributed by atoms with E-state index in [9.17, 15) is 0 Å². The van der Waals surface area contributed by atoms with E-state index in [-0.39, 0.29) is 11.2 Å². The van der Waals surface area contributed by atoms with Crippen molar-refractivity contribution >= 4 is 0 Å². The predicted molar refractivity (Wildman–Crippen MR) is 50.8 cm³/mol. The third-order valence-electron chi connectivity index (χ3n) is 2.93. The van der Waals surface area contributed by atoms with Gasteiger partial charge in [-0.25, -0.2) is 0 Å². The summed E-state index contributed by atoms with van der Waals surface area (Å²) < 4.78 is 11.6. The Balaban J connectivity index is 2.04. The van der Waals surface area contributed by atoms with Crippen LogP contribution in [0.15, 0.2) is 0 Å². The second-order valence-corrected chi connectivity index (χ2v) is 4.74. The highest BCUT2D eigenvalue weighted by Crippen LogP contribution is 2.35. The van der Waals surface area contributed by atoms with Gasteiger partial charge in [-0.3, -0.25) is 0 Å². The Morgan fingerprint density at radius 1 is 1.15 bits per heavy atom. The molecule has 2 aliphatic rings. The maximum absolute atomic E-state index is 5.90. The maximum Gasteiger partial charge on any atom is 0.0856 e. The molecule has 1 atom stereocenters. The Bertz CT molecular complexity index is 180. The van der Waals surface area contributed by atoms with E-state index in [1.54, 1.807) is 0 Å². The fourth-order valence-electron chi connectivity index (χ4n) is 2.41. The molecule has 1 spiro atoms. The summed E-state index contributed by atoms with van der Waals surface area (Å²) in [5, 5.41) is 3.40. The van der Waals surface area contributed by atoms with Crippen LogP contribution in [0.4, 0.5) is 0 Å². The fraction of sp³-hybridized carbons (Fsp3) is 1.00. The third-order valence-corrected chi connectivity index (χ3v) is 2.93. The van der Waals surface area contributed by atoms with Gasteiger partial charge in [-0.05, 0) is 13.8 Å². The molecule has 0 aromatic rings. The number of rotatable bonds is 0. The highest BCUT2D eigenvalue weighted by Gasteiger charge is 2.42. The summed E-state index contributed by atoms with van der Waals surface area (Å²) in [6.07, 6.45) is 2.04. The summed E-state index contributed by atoms with van der Waals surface area (Å²) in [6.45, 7) is 7.94. The van der Waals surface area contributed by atoms with Gasteiger partial charge in [0.15, 0.2) is 0 Å². The number of morpholine rings is 1. The minimum absolute atomic E-state index is 0.0166. The van der Waals surface area contributed by atoms with Gasteiger partial charge in [0.2, 0.25) is 0 Å². The second kappa shape index (κ2) is 3.23. The summed E-state index contributed by atoms with van der Waals surface area (Å²) in [4.78, 5) is 0. The molecule has 0 amide bonds. The van der Waals surface area contributed by atoms with Crippen molar-refractivity contribution in [2.45, 2.75) is 37.9 Å². The van der Waals surface area contributed by atoms with Crippen molar-refractivity contribution in [2.75, 3.05) is 26.3 Å². The molecule has 2 fully saturated rings. The average Bonchev–Trinajstić information content (AvgIpc) is 2.03. The van der Waals surface area contributed by atoms with Crippen LogP contribution < -0.4 is 5.32 Å². The van der Waals surface area contributed by atoms with Crippen LogP contribution in [0, 0.1) is 0 Å². The molecular formula is C10H19NO2. The van der Waals surface area contributed by atoms with E-state index in [2.05, 4.69) is 19.2 Å². The van der Waals surface area contributed by atoms with Gasteiger partial charge >= 0.3 is 0 Å². The van der Waals surface area contributed by atoms with Crippen molar-refractivity contribution in [2.24, 2.45) is 0 Å². The number of ether oxygens (including phenoxy) is 2. The monoisotopic (exact) mass is 185 g/mol. The first-order valence-electron chi connectivity index (χ1n) is 5.11. The van der Waals surface area contributed by atoms with Gasteiger partial charge in [-0.15, -0.1) is 0 Å². The van der Waals surface area contributed by atoms with Gasteiger partial charge in [0.05, 0.1) is 24.4 Å². The number of hydrogen-bond donors (Lipinski definition) is 1. The number of nitrogens with one attached hydrogen (secondary N) is 1. The van der Waals surface area contributed by atoms with E-state index in [1.165, 1.54) is 0 Å². The lowest BCUT2D eigenvalue weighted by Gasteiger charge is -2.46. The van der Waals surface area contributed by atoms with Gasteiger partial charge in [-0.2, -0.15) is 0 Å². The van der Waals surface area contributed by atoms with Crippen LogP contribution in [-0.4, -0.2) is 37.5 Å². The summed E-state index contributed by atoms with van der Waals surface area (Å²) in [5.41, 5.74) is 0.0390. The molecule has 0 radical (unpaired) electrons. The number of hydrogen-bond acceptors (Lipinski definition) is 3. The Hall–Kier alpha value is -0.120. The smallest absolute Gasteiger partial charge is 0.0856 e. The standard InChI is InChI=1S/C10H19NO2/c1-9(2)7-10(3-5-12-9)8-11-4-6-13-10/h11H,3-8H2,1-2H3. The van der Waals surface area contributed by atoms with Crippen LogP contribution in [0.3, 0.4) is 0 Å². The first-order valence-corrected chi connectivity index (χ1v) is 5.11. The molecule has 0 saturated carbocycles. The Morgan fingerprint density at radius 3 is 2.62 bits per heavy atom.